The molecule has 3 aromatic rings. The maximum absolute atomic E-state index is 13.0. The molecule has 0 saturated carbocycles. The van der Waals surface area contributed by atoms with E-state index in [0.717, 1.165) is 29.9 Å². The molecule has 4 rings (SSSR count). The SMILES string of the molecule is Cc1nc(C2CCN(C(=O)CCc3ccc(F)cc3)CC2)ncc1C(=O)Nc1ccccc1. The Morgan fingerprint density at radius 3 is 2.42 bits per heavy atom. The highest BCUT2D eigenvalue weighted by Gasteiger charge is 2.26. The van der Waals surface area contributed by atoms with Gasteiger partial charge in [-0.25, -0.2) is 14.4 Å². The van der Waals surface area contributed by atoms with Crippen LogP contribution in [0.25, 0.3) is 0 Å². The van der Waals surface area contributed by atoms with Crippen LogP contribution < -0.4 is 5.32 Å². The van der Waals surface area contributed by atoms with Crippen molar-refractivity contribution in [2.45, 2.75) is 38.5 Å². The molecule has 0 spiro atoms. The molecule has 1 aliphatic rings. The molecule has 7 heteroatoms. The molecule has 33 heavy (non-hydrogen) atoms. The molecule has 1 saturated heterocycles. The minimum Gasteiger partial charge on any atom is -0.343 e. The first-order chi connectivity index (χ1) is 16.0. The van der Waals surface area contributed by atoms with Gasteiger partial charge in [0.05, 0.1) is 11.3 Å². The van der Waals surface area contributed by atoms with Crippen LogP contribution in [0, 0.1) is 12.7 Å². The lowest BCUT2D eigenvalue weighted by molar-refractivity contribution is -0.132. The van der Waals surface area contributed by atoms with E-state index < -0.39 is 0 Å². The van der Waals surface area contributed by atoms with Crippen molar-refractivity contribution in [2.75, 3.05) is 18.4 Å². The summed E-state index contributed by atoms with van der Waals surface area (Å²) in [6.07, 6.45) is 4.19. The zero-order chi connectivity index (χ0) is 23.2. The molecule has 0 bridgehead atoms. The zero-order valence-electron chi connectivity index (χ0n) is 18.6. The van der Waals surface area contributed by atoms with Gasteiger partial charge in [0.25, 0.3) is 5.91 Å². The van der Waals surface area contributed by atoms with E-state index in [0.29, 0.717) is 37.2 Å². The summed E-state index contributed by atoms with van der Waals surface area (Å²) in [5.41, 5.74) is 2.78. The summed E-state index contributed by atoms with van der Waals surface area (Å²) in [6.45, 7) is 3.14. The zero-order valence-corrected chi connectivity index (χ0v) is 18.6. The number of carbonyl (C=O) groups excluding carboxylic acids is 2. The van der Waals surface area contributed by atoms with Gasteiger partial charge in [0, 0.05) is 37.3 Å². The van der Waals surface area contributed by atoms with E-state index >= 15 is 0 Å². The van der Waals surface area contributed by atoms with E-state index in [-0.39, 0.29) is 23.5 Å². The molecule has 0 atom stereocenters. The Morgan fingerprint density at radius 2 is 1.76 bits per heavy atom. The monoisotopic (exact) mass is 446 g/mol. The fraction of sp³-hybridized carbons (Fsp3) is 0.308. The topological polar surface area (TPSA) is 75.2 Å². The maximum Gasteiger partial charge on any atom is 0.259 e. The van der Waals surface area contributed by atoms with E-state index in [1.54, 1.807) is 18.3 Å². The summed E-state index contributed by atoms with van der Waals surface area (Å²) in [6, 6.07) is 15.6. The van der Waals surface area contributed by atoms with E-state index in [1.165, 1.54) is 12.1 Å². The fourth-order valence-electron chi connectivity index (χ4n) is 4.07. The van der Waals surface area contributed by atoms with Crippen molar-refractivity contribution < 1.29 is 14.0 Å². The second-order valence-electron chi connectivity index (χ2n) is 8.33. The minimum absolute atomic E-state index is 0.114. The minimum atomic E-state index is -0.269. The van der Waals surface area contributed by atoms with Crippen molar-refractivity contribution in [3.63, 3.8) is 0 Å². The molecule has 1 fully saturated rings. The van der Waals surface area contributed by atoms with Crippen molar-refractivity contribution in [2.24, 2.45) is 0 Å². The Kier molecular flexibility index (Phi) is 7.07. The highest BCUT2D eigenvalue weighted by Crippen LogP contribution is 2.26. The lowest BCUT2D eigenvalue weighted by Gasteiger charge is -2.31. The molecular weight excluding hydrogens is 419 g/mol. The van der Waals surface area contributed by atoms with Crippen LogP contribution in [0.2, 0.25) is 0 Å². The predicted octanol–water partition coefficient (Wildman–Crippen LogP) is 4.52. The number of para-hydroxylation sites is 1. The number of carbonyl (C=O) groups is 2. The molecule has 1 N–H and O–H groups in total. The third kappa shape index (κ3) is 5.80. The molecule has 6 nitrogen and oxygen atoms in total. The maximum atomic E-state index is 13.0. The Bertz CT molecular complexity index is 1110. The number of rotatable bonds is 6. The Morgan fingerprint density at radius 1 is 1.06 bits per heavy atom. The number of aromatic nitrogens is 2. The Balaban J connectivity index is 1.30. The van der Waals surface area contributed by atoms with Crippen LogP contribution in [0.4, 0.5) is 10.1 Å². The molecule has 0 aliphatic carbocycles. The first-order valence-corrected chi connectivity index (χ1v) is 11.2. The smallest absolute Gasteiger partial charge is 0.259 e. The van der Waals surface area contributed by atoms with Crippen molar-refractivity contribution in [1.29, 1.82) is 0 Å². The average Bonchev–Trinajstić information content (AvgIpc) is 2.84. The number of halogens is 1. The van der Waals surface area contributed by atoms with Gasteiger partial charge < -0.3 is 10.2 Å². The standard InChI is InChI=1S/C26H27FN4O2/c1-18-23(26(33)30-22-5-3-2-4-6-22)17-28-25(29-18)20-13-15-31(16-14-20)24(32)12-9-19-7-10-21(27)11-8-19/h2-8,10-11,17,20H,9,12-16H2,1H3,(H,30,33). The molecular formula is C26H27FN4O2. The molecule has 1 aromatic heterocycles. The van der Waals surface area contributed by atoms with E-state index in [1.807, 2.05) is 42.2 Å². The number of anilines is 1. The highest BCUT2D eigenvalue weighted by atomic mass is 19.1. The van der Waals surface area contributed by atoms with Crippen LogP contribution in [-0.2, 0) is 11.2 Å². The lowest BCUT2D eigenvalue weighted by Crippen LogP contribution is -2.38. The normalized spacial score (nSPS) is 14.2. The Labute approximate surface area is 192 Å². The fourth-order valence-corrected chi connectivity index (χ4v) is 4.07. The van der Waals surface area contributed by atoms with Crippen LogP contribution in [-0.4, -0.2) is 39.8 Å². The van der Waals surface area contributed by atoms with Gasteiger partial charge >= 0.3 is 0 Å². The number of nitrogens with one attached hydrogen (secondary N) is 1. The van der Waals surface area contributed by atoms with Gasteiger partial charge in [0.15, 0.2) is 0 Å². The number of benzene rings is 2. The number of amides is 2. The summed E-state index contributed by atoms with van der Waals surface area (Å²) in [5, 5.41) is 2.86. The second-order valence-corrected chi connectivity index (χ2v) is 8.33. The van der Waals surface area contributed by atoms with Crippen LogP contribution in [0.3, 0.4) is 0 Å². The average molecular weight is 447 g/mol. The van der Waals surface area contributed by atoms with Crippen molar-refractivity contribution in [1.82, 2.24) is 14.9 Å². The third-order valence-electron chi connectivity index (χ3n) is 6.03. The van der Waals surface area contributed by atoms with Gasteiger partial charge in [-0.05, 0) is 56.0 Å². The molecule has 170 valence electrons. The highest BCUT2D eigenvalue weighted by molar-refractivity contribution is 6.04. The van der Waals surface area contributed by atoms with Gasteiger partial charge in [-0.2, -0.15) is 0 Å². The molecule has 1 aliphatic heterocycles. The summed E-state index contributed by atoms with van der Waals surface area (Å²) < 4.78 is 13.0. The number of likely N-dealkylation sites (tertiary alicyclic amines) is 1. The van der Waals surface area contributed by atoms with Crippen molar-refractivity contribution in [3.8, 4) is 0 Å². The summed E-state index contributed by atoms with van der Waals surface area (Å²) in [7, 11) is 0. The van der Waals surface area contributed by atoms with Gasteiger partial charge in [0.1, 0.15) is 11.6 Å². The number of nitrogens with zero attached hydrogens (tertiary/aromatic N) is 3. The largest absolute Gasteiger partial charge is 0.343 e. The van der Waals surface area contributed by atoms with Crippen LogP contribution >= 0.6 is 0 Å². The van der Waals surface area contributed by atoms with Gasteiger partial charge in [-0.1, -0.05) is 30.3 Å². The van der Waals surface area contributed by atoms with Gasteiger partial charge in [-0.3, -0.25) is 9.59 Å². The van der Waals surface area contributed by atoms with Gasteiger partial charge in [-0.15, -0.1) is 0 Å². The summed E-state index contributed by atoms with van der Waals surface area (Å²) >= 11 is 0. The van der Waals surface area contributed by atoms with Crippen molar-refractivity contribution >= 4 is 17.5 Å². The second kappa shape index (κ2) is 10.3. The molecule has 0 unspecified atom stereocenters. The number of hydrogen-bond acceptors (Lipinski definition) is 4. The molecule has 0 radical (unpaired) electrons. The van der Waals surface area contributed by atoms with Crippen molar-refractivity contribution in [3.05, 3.63) is 89.3 Å². The first-order valence-electron chi connectivity index (χ1n) is 11.2. The van der Waals surface area contributed by atoms with Crippen LogP contribution in [0.1, 0.15) is 52.6 Å². The first kappa shape index (κ1) is 22.6. The van der Waals surface area contributed by atoms with E-state index in [9.17, 15) is 14.0 Å². The molecule has 2 amide bonds. The number of hydrogen-bond donors (Lipinski definition) is 1. The molecule has 2 heterocycles. The summed E-state index contributed by atoms with van der Waals surface area (Å²) in [5.74, 6) is 0.502. The molecule has 2 aromatic carbocycles. The number of aryl methyl sites for hydroxylation is 2. The summed E-state index contributed by atoms with van der Waals surface area (Å²) in [4.78, 5) is 36.1. The Hall–Kier alpha value is -3.61. The number of piperidine rings is 1. The lowest BCUT2D eigenvalue weighted by atomic mass is 9.95. The third-order valence-corrected chi connectivity index (χ3v) is 6.03. The van der Waals surface area contributed by atoms with Crippen LogP contribution in [0.15, 0.2) is 60.8 Å². The van der Waals surface area contributed by atoms with Crippen LogP contribution in [0.5, 0.6) is 0 Å². The van der Waals surface area contributed by atoms with E-state index in [4.69, 9.17) is 0 Å². The van der Waals surface area contributed by atoms with E-state index in [2.05, 4.69) is 15.3 Å². The predicted molar refractivity (Wildman–Crippen MR) is 124 cm³/mol. The quantitative estimate of drug-likeness (QED) is 0.604. The van der Waals surface area contributed by atoms with Gasteiger partial charge in [0.2, 0.25) is 5.91 Å².